The van der Waals surface area contributed by atoms with Gasteiger partial charge in [0.15, 0.2) is 0 Å². The molecule has 3 rings (SSSR count). The van der Waals surface area contributed by atoms with Crippen molar-refractivity contribution in [3.05, 3.63) is 70.5 Å². The molecule has 1 N–H and O–H groups in total. The highest BCUT2D eigenvalue weighted by Gasteiger charge is 2.18. The van der Waals surface area contributed by atoms with Gasteiger partial charge < -0.3 is 14.6 Å². The Morgan fingerprint density at radius 3 is 2.48 bits per heavy atom. The van der Waals surface area contributed by atoms with E-state index in [1.54, 1.807) is 24.5 Å². The second-order valence-electron chi connectivity index (χ2n) is 6.56. The number of benzene rings is 2. The minimum Gasteiger partial charge on any atom is -0.444 e. The molecule has 0 saturated carbocycles. The number of hydrogen-bond acceptors (Lipinski definition) is 5. The van der Waals surface area contributed by atoms with Crippen molar-refractivity contribution in [1.82, 2.24) is 9.88 Å². The Labute approximate surface area is 194 Å². The molecule has 9 heteroatoms. The predicted octanol–water partition coefficient (Wildman–Crippen LogP) is 5.37. The van der Waals surface area contributed by atoms with Crippen LogP contribution in [0.2, 0.25) is 10.0 Å². The summed E-state index contributed by atoms with van der Waals surface area (Å²) >= 11 is 13.6. The van der Waals surface area contributed by atoms with Gasteiger partial charge in [0.25, 0.3) is 0 Å². The Bertz CT molecular complexity index is 1020. The number of halogens is 2. The van der Waals surface area contributed by atoms with Crippen LogP contribution in [0.1, 0.15) is 12.6 Å². The van der Waals surface area contributed by atoms with Crippen molar-refractivity contribution in [1.29, 1.82) is 0 Å². The van der Waals surface area contributed by atoms with Gasteiger partial charge in [-0.25, -0.2) is 4.98 Å². The first-order valence-corrected chi connectivity index (χ1v) is 11.5. The number of thioether (sulfide) groups is 1. The maximum absolute atomic E-state index is 12.5. The Morgan fingerprint density at radius 1 is 1.10 bits per heavy atom. The lowest BCUT2D eigenvalue weighted by molar-refractivity contribution is -0.132. The molecule has 0 aliphatic heterocycles. The van der Waals surface area contributed by atoms with Gasteiger partial charge in [-0.1, -0.05) is 47.5 Å². The third-order valence-corrected chi connectivity index (χ3v) is 5.92. The number of oxazole rings is 1. The number of para-hydroxylation sites is 1. The molecule has 3 aromatic rings. The fourth-order valence-corrected chi connectivity index (χ4v) is 4.06. The topological polar surface area (TPSA) is 75.4 Å². The molecule has 1 heterocycles. The molecule has 0 fully saturated rings. The van der Waals surface area contributed by atoms with E-state index in [1.807, 2.05) is 37.3 Å². The largest absolute Gasteiger partial charge is 0.444 e. The molecule has 6 nitrogen and oxygen atoms in total. The Kier molecular flexibility index (Phi) is 8.40. The molecule has 162 valence electrons. The molecule has 0 radical (unpaired) electrons. The van der Waals surface area contributed by atoms with E-state index in [0.717, 1.165) is 11.3 Å². The summed E-state index contributed by atoms with van der Waals surface area (Å²) in [6.45, 7) is 2.15. The Hall–Kier alpha value is -2.48. The summed E-state index contributed by atoms with van der Waals surface area (Å²) in [6, 6.07) is 14.6. The molecule has 0 spiro atoms. The van der Waals surface area contributed by atoms with Crippen LogP contribution in [0, 0.1) is 0 Å². The van der Waals surface area contributed by atoms with Crippen LogP contribution in [-0.4, -0.2) is 40.5 Å². The lowest BCUT2D eigenvalue weighted by Gasteiger charge is -2.20. The van der Waals surface area contributed by atoms with Crippen LogP contribution in [0.25, 0.3) is 11.5 Å². The van der Waals surface area contributed by atoms with E-state index < -0.39 is 0 Å². The molecule has 0 saturated heterocycles. The van der Waals surface area contributed by atoms with E-state index >= 15 is 0 Å². The molecule has 0 aliphatic rings. The molecular formula is C22H21Cl2N3O3S. The zero-order chi connectivity index (χ0) is 22.2. The number of carbonyl (C=O) groups is 2. The van der Waals surface area contributed by atoms with Gasteiger partial charge in [0.2, 0.25) is 17.7 Å². The van der Waals surface area contributed by atoms with Gasteiger partial charge in [-0.15, -0.1) is 11.8 Å². The van der Waals surface area contributed by atoms with Gasteiger partial charge in [-0.3, -0.25) is 9.59 Å². The molecule has 0 atom stereocenters. The summed E-state index contributed by atoms with van der Waals surface area (Å²) in [5.41, 5.74) is 2.00. The van der Waals surface area contributed by atoms with Crippen molar-refractivity contribution in [2.24, 2.45) is 0 Å². The van der Waals surface area contributed by atoms with Crippen LogP contribution in [-0.2, 0) is 15.3 Å². The zero-order valence-electron chi connectivity index (χ0n) is 16.8. The maximum atomic E-state index is 12.5. The fourth-order valence-electron chi connectivity index (χ4n) is 2.77. The lowest BCUT2D eigenvalue weighted by atomic mass is 10.2. The highest BCUT2D eigenvalue weighted by molar-refractivity contribution is 7.99. The van der Waals surface area contributed by atoms with Gasteiger partial charge >= 0.3 is 0 Å². The highest BCUT2D eigenvalue weighted by atomic mass is 35.5. The minimum atomic E-state index is -0.362. The zero-order valence-corrected chi connectivity index (χ0v) is 19.1. The van der Waals surface area contributed by atoms with Gasteiger partial charge in [-0.2, -0.15) is 0 Å². The smallest absolute Gasteiger partial charge is 0.244 e. The number of likely N-dealkylation sites (N-methyl/N-ethyl adjacent to an activating group) is 1. The first-order valence-electron chi connectivity index (χ1n) is 9.57. The number of carbonyl (C=O) groups excluding carboxylic acids is 2. The second-order valence-corrected chi connectivity index (χ2v) is 8.36. The minimum absolute atomic E-state index is 0.0838. The summed E-state index contributed by atoms with van der Waals surface area (Å²) in [5.74, 6) is 0.800. The molecule has 2 amide bonds. The van der Waals surface area contributed by atoms with Crippen LogP contribution < -0.4 is 5.32 Å². The van der Waals surface area contributed by atoms with E-state index in [2.05, 4.69) is 10.3 Å². The van der Waals surface area contributed by atoms with Crippen molar-refractivity contribution in [2.75, 3.05) is 24.2 Å². The van der Waals surface area contributed by atoms with Gasteiger partial charge in [0.1, 0.15) is 6.26 Å². The van der Waals surface area contributed by atoms with Crippen molar-refractivity contribution < 1.29 is 14.0 Å². The number of nitrogens with one attached hydrogen (secondary N) is 1. The number of amides is 2. The first-order chi connectivity index (χ1) is 15.0. The summed E-state index contributed by atoms with van der Waals surface area (Å²) in [6.07, 6.45) is 1.60. The summed E-state index contributed by atoms with van der Waals surface area (Å²) < 4.78 is 5.51. The van der Waals surface area contributed by atoms with E-state index in [9.17, 15) is 9.59 Å². The van der Waals surface area contributed by atoms with Gasteiger partial charge in [0.05, 0.1) is 33.7 Å². The number of hydrogen-bond donors (Lipinski definition) is 1. The Balaban J connectivity index is 1.49. The number of aromatic nitrogens is 1. The SMILES string of the molecule is CCN(CC(=O)Nc1c(Cl)cccc1Cl)C(=O)CSCc1coc(-c2ccccc2)n1. The molecule has 1 aromatic heterocycles. The normalized spacial score (nSPS) is 10.7. The summed E-state index contributed by atoms with van der Waals surface area (Å²) in [5, 5.41) is 3.35. The monoisotopic (exact) mass is 477 g/mol. The third kappa shape index (κ3) is 6.50. The quantitative estimate of drug-likeness (QED) is 0.448. The molecule has 31 heavy (non-hydrogen) atoms. The lowest BCUT2D eigenvalue weighted by Crippen LogP contribution is -2.38. The van der Waals surface area contributed by atoms with Crippen LogP contribution in [0.5, 0.6) is 0 Å². The molecular weight excluding hydrogens is 457 g/mol. The predicted molar refractivity (Wildman–Crippen MR) is 125 cm³/mol. The van der Waals surface area contributed by atoms with Crippen LogP contribution >= 0.6 is 35.0 Å². The Morgan fingerprint density at radius 2 is 1.81 bits per heavy atom. The van der Waals surface area contributed by atoms with E-state index in [4.69, 9.17) is 27.6 Å². The fraction of sp³-hybridized carbons (Fsp3) is 0.227. The highest BCUT2D eigenvalue weighted by Crippen LogP contribution is 2.29. The van der Waals surface area contributed by atoms with Crippen molar-refractivity contribution in [3.8, 4) is 11.5 Å². The average molecular weight is 478 g/mol. The van der Waals surface area contributed by atoms with Crippen molar-refractivity contribution in [3.63, 3.8) is 0 Å². The van der Waals surface area contributed by atoms with Gasteiger partial charge in [-0.05, 0) is 31.2 Å². The second kappa shape index (κ2) is 11.2. The van der Waals surface area contributed by atoms with Crippen LogP contribution in [0.15, 0.2) is 59.2 Å². The molecule has 0 bridgehead atoms. The van der Waals surface area contributed by atoms with E-state index in [-0.39, 0.29) is 24.1 Å². The first kappa shape index (κ1) is 23.2. The van der Waals surface area contributed by atoms with Crippen molar-refractivity contribution in [2.45, 2.75) is 12.7 Å². The third-order valence-electron chi connectivity index (χ3n) is 4.34. The van der Waals surface area contributed by atoms with E-state index in [1.165, 1.54) is 16.7 Å². The number of nitrogens with zero attached hydrogens (tertiary/aromatic N) is 2. The molecule has 2 aromatic carbocycles. The van der Waals surface area contributed by atoms with E-state index in [0.29, 0.717) is 33.9 Å². The summed E-state index contributed by atoms with van der Waals surface area (Å²) in [7, 11) is 0. The molecule has 0 aliphatic carbocycles. The number of rotatable bonds is 9. The maximum Gasteiger partial charge on any atom is 0.244 e. The summed E-state index contributed by atoms with van der Waals surface area (Å²) in [4.78, 5) is 30.8. The van der Waals surface area contributed by atoms with Crippen molar-refractivity contribution >= 4 is 52.5 Å². The number of anilines is 1. The van der Waals surface area contributed by atoms with Crippen LogP contribution in [0.3, 0.4) is 0 Å². The molecule has 0 unspecified atom stereocenters. The van der Waals surface area contributed by atoms with Gasteiger partial charge in [0, 0.05) is 17.9 Å². The van der Waals surface area contributed by atoms with Crippen LogP contribution in [0.4, 0.5) is 5.69 Å². The standard InChI is InChI=1S/C22H21Cl2N3O3S/c1-2-27(11-19(28)26-21-17(23)9-6-10-18(21)24)20(29)14-31-13-16-12-30-22(25-16)15-7-4-3-5-8-15/h3-10,12H,2,11,13-14H2,1H3,(H,26,28). The average Bonchev–Trinajstić information content (AvgIpc) is 3.24.